The van der Waals surface area contributed by atoms with Gasteiger partial charge in [-0.15, -0.1) is 0 Å². The predicted octanol–water partition coefficient (Wildman–Crippen LogP) is 3.29. The molecule has 0 radical (unpaired) electrons. The van der Waals surface area contributed by atoms with Gasteiger partial charge in [-0.25, -0.2) is 0 Å². The fourth-order valence-electron chi connectivity index (χ4n) is 2.87. The topological polar surface area (TPSA) is 98.7 Å². The lowest BCUT2D eigenvalue weighted by Gasteiger charge is -2.28. The van der Waals surface area contributed by atoms with Crippen LogP contribution in [0.4, 0.5) is 5.69 Å². The Bertz CT molecular complexity index is 807. The summed E-state index contributed by atoms with van der Waals surface area (Å²) >= 11 is 0. The highest BCUT2D eigenvalue weighted by molar-refractivity contribution is 5.93. The standard InChI is InChI=1S/C19H23N3O4/c1-4-21(13(2)14-6-5-7-17(10-14)26-3)12-16-9-8-15(19(20)23)11-18(16)22(24)25/h5-11,13H,4,12H2,1-3H3,(H2,20,23). The van der Waals surface area contributed by atoms with Crippen LogP contribution in [0.1, 0.15) is 41.4 Å². The summed E-state index contributed by atoms with van der Waals surface area (Å²) in [5.74, 6) is 0.0824. The Morgan fingerprint density at radius 2 is 2.04 bits per heavy atom. The van der Waals surface area contributed by atoms with Crippen LogP contribution >= 0.6 is 0 Å². The molecule has 0 aromatic heterocycles. The normalized spacial score (nSPS) is 12.0. The minimum absolute atomic E-state index is 0.0329. The minimum atomic E-state index is -0.684. The van der Waals surface area contributed by atoms with Gasteiger partial charge in [-0.1, -0.05) is 25.1 Å². The average Bonchev–Trinajstić information content (AvgIpc) is 2.65. The number of nitro benzene ring substituents is 1. The summed E-state index contributed by atoms with van der Waals surface area (Å²) < 4.78 is 5.27. The highest BCUT2D eigenvalue weighted by Crippen LogP contribution is 2.28. The molecule has 1 amide bonds. The third-order valence-corrected chi connectivity index (χ3v) is 4.47. The number of hydrogen-bond acceptors (Lipinski definition) is 5. The summed E-state index contributed by atoms with van der Waals surface area (Å²) in [5, 5.41) is 11.4. The molecule has 0 aliphatic heterocycles. The van der Waals surface area contributed by atoms with Crippen molar-refractivity contribution in [3.05, 3.63) is 69.3 Å². The SMILES string of the molecule is CCN(Cc1ccc(C(N)=O)cc1[N+](=O)[O-])C(C)c1cccc(OC)c1. The Kier molecular flexibility index (Phi) is 6.30. The monoisotopic (exact) mass is 357 g/mol. The van der Waals surface area contributed by atoms with E-state index in [1.54, 1.807) is 13.2 Å². The van der Waals surface area contributed by atoms with Crippen LogP contribution in [0.5, 0.6) is 5.75 Å². The molecule has 0 saturated heterocycles. The van der Waals surface area contributed by atoms with Crippen LogP contribution < -0.4 is 10.5 Å². The molecule has 0 saturated carbocycles. The molecule has 1 unspecified atom stereocenters. The van der Waals surface area contributed by atoms with Crippen molar-refractivity contribution >= 4 is 11.6 Å². The van der Waals surface area contributed by atoms with Gasteiger partial charge in [0.2, 0.25) is 5.91 Å². The molecule has 7 heteroatoms. The second-order valence-electron chi connectivity index (χ2n) is 5.98. The van der Waals surface area contributed by atoms with Crippen LogP contribution in [0.3, 0.4) is 0 Å². The Morgan fingerprint density at radius 3 is 2.62 bits per heavy atom. The van der Waals surface area contributed by atoms with E-state index in [9.17, 15) is 14.9 Å². The lowest BCUT2D eigenvalue weighted by molar-refractivity contribution is -0.385. The molecule has 0 aliphatic carbocycles. The van der Waals surface area contributed by atoms with Crippen LogP contribution in [0, 0.1) is 10.1 Å². The summed E-state index contributed by atoms with van der Waals surface area (Å²) in [4.78, 5) is 24.3. The molecule has 0 heterocycles. The molecule has 2 aromatic rings. The zero-order chi connectivity index (χ0) is 19.3. The molecule has 0 aliphatic rings. The maximum Gasteiger partial charge on any atom is 0.274 e. The average molecular weight is 357 g/mol. The van der Waals surface area contributed by atoms with Crippen molar-refractivity contribution < 1.29 is 14.5 Å². The molecule has 0 bridgehead atoms. The molecule has 0 fully saturated rings. The molecular weight excluding hydrogens is 334 g/mol. The van der Waals surface area contributed by atoms with Crippen molar-refractivity contribution in [3.8, 4) is 5.75 Å². The van der Waals surface area contributed by atoms with E-state index in [-0.39, 0.29) is 17.3 Å². The number of primary amides is 1. The van der Waals surface area contributed by atoms with Gasteiger partial charge >= 0.3 is 0 Å². The Morgan fingerprint density at radius 1 is 1.31 bits per heavy atom. The number of rotatable bonds is 8. The number of nitro groups is 1. The van der Waals surface area contributed by atoms with Gasteiger partial charge in [0.05, 0.1) is 12.0 Å². The minimum Gasteiger partial charge on any atom is -0.497 e. The number of carbonyl (C=O) groups excluding carboxylic acids is 1. The van der Waals surface area contributed by atoms with Crippen molar-refractivity contribution in [1.82, 2.24) is 4.90 Å². The first kappa shape index (κ1) is 19.4. The summed E-state index contributed by atoms with van der Waals surface area (Å²) in [6.07, 6.45) is 0. The molecule has 2 rings (SSSR count). The quantitative estimate of drug-likeness (QED) is 0.577. The molecule has 138 valence electrons. The number of ether oxygens (including phenoxy) is 1. The predicted molar refractivity (Wildman–Crippen MR) is 99.1 cm³/mol. The smallest absolute Gasteiger partial charge is 0.274 e. The van der Waals surface area contributed by atoms with Crippen LogP contribution in [0.15, 0.2) is 42.5 Å². The number of carbonyl (C=O) groups is 1. The van der Waals surface area contributed by atoms with Crippen molar-refractivity contribution in [1.29, 1.82) is 0 Å². The lowest BCUT2D eigenvalue weighted by atomic mass is 10.0. The number of benzene rings is 2. The number of amides is 1. The van der Waals surface area contributed by atoms with Gasteiger partial charge in [-0.05, 0) is 37.2 Å². The van der Waals surface area contributed by atoms with Gasteiger partial charge in [0.25, 0.3) is 5.69 Å². The van der Waals surface area contributed by atoms with Gasteiger partial charge in [0.1, 0.15) is 5.75 Å². The third kappa shape index (κ3) is 4.37. The fraction of sp³-hybridized carbons (Fsp3) is 0.316. The Labute approximate surface area is 152 Å². The number of nitrogens with two attached hydrogens (primary N) is 1. The summed E-state index contributed by atoms with van der Waals surface area (Å²) in [6, 6.07) is 12.1. The maximum atomic E-state index is 11.4. The van der Waals surface area contributed by atoms with E-state index in [2.05, 4.69) is 4.90 Å². The Balaban J connectivity index is 2.31. The lowest BCUT2D eigenvalue weighted by Crippen LogP contribution is -2.27. The van der Waals surface area contributed by atoms with Crippen molar-refractivity contribution in [2.45, 2.75) is 26.4 Å². The highest BCUT2D eigenvalue weighted by Gasteiger charge is 2.21. The van der Waals surface area contributed by atoms with E-state index in [0.29, 0.717) is 18.7 Å². The van der Waals surface area contributed by atoms with Gasteiger partial charge in [-0.3, -0.25) is 19.8 Å². The van der Waals surface area contributed by atoms with E-state index in [1.165, 1.54) is 12.1 Å². The first-order valence-electron chi connectivity index (χ1n) is 8.32. The number of hydrogen-bond donors (Lipinski definition) is 1. The summed E-state index contributed by atoms with van der Waals surface area (Å²) in [5.41, 5.74) is 6.85. The molecular formula is C19H23N3O4. The largest absolute Gasteiger partial charge is 0.497 e. The van der Waals surface area contributed by atoms with Crippen LogP contribution in [0.2, 0.25) is 0 Å². The fourth-order valence-corrected chi connectivity index (χ4v) is 2.87. The van der Waals surface area contributed by atoms with Crippen LogP contribution in [-0.2, 0) is 6.54 Å². The molecule has 7 nitrogen and oxygen atoms in total. The van der Waals surface area contributed by atoms with Crippen molar-refractivity contribution in [3.63, 3.8) is 0 Å². The summed E-state index contributed by atoms with van der Waals surface area (Å²) in [7, 11) is 1.62. The van der Waals surface area contributed by atoms with Crippen LogP contribution in [-0.4, -0.2) is 29.4 Å². The third-order valence-electron chi connectivity index (χ3n) is 4.47. The molecule has 26 heavy (non-hydrogen) atoms. The summed E-state index contributed by atoms with van der Waals surface area (Å²) in [6.45, 7) is 5.12. The van der Waals surface area contributed by atoms with E-state index in [4.69, 9.17) is 10.5 Å². The van der Waals surface area contributed by atoms with Gasteiger partial charge in [0.15, 0.2) is 0 Å². The molecule has 2 aromatic carbocycles. The highest BCUT2D eigenvalue weighted by atomic mass is 16.6. The zero-order valence-corrected chi connectivity index (χ0v) is 15.1. The van der Waals surface area contributed by atoms with Crippen molar-refractivity contribution in [2.24, 2.45) is 5.73 Å². The number of methoxy groups -OCH3 is 1. The zero-order valence-electron chi connectivity index (χ0n) is 15.1. The van der Waals surface area contributed by atoms with Gasteiger partial charge in [-0.2, -0.15) is 0 Å². The van der Waals surface area contributed by atoms with Gasteiger partial charge in [0, 0.05) is 29.8 Å². The van der Waals surface area contributed by atoms with Crippen LogP contribution in [0.25, 0.3) is 0 Å². The van der Waals surface area contributed by atoms with E-state index < -0.39 is 10.8 Å². The van der Waals surface area contributed by atoms with E-state index in [1.807, 2.05) is 38.1 Å². The van der Waals surface area contributed by atoms with E-state index >= 15 is 0 Å². The maximum absolute atomic E-state index is 11.4. The first-order valence-corrected chi connectivity index (χ1v) is 8.32. The number of nitrogens with zero attached hydrogens (tertiary/aromatic N) is 2. The molecule has 2 N–H and O–H groups in total. The van der Waals surface area contributed by atoms with Crippen molar-refractivity contribution in [2.75, 3.05) is 13.7 Å². The molecule has 0 spiro atoms. The first-order chi connectivity index (χ1) is 12.4. The Hall–Kier alpha value is -2.93. The second-order valence-corrected chi connectivity index (χ2v) is 5.98. The van der Waals surface area contributed by atoms with E-state index in [0.717, 1.165) is 11.3 Å². The second kappa shape index (κ2) is 8.44. The molecule has 1 atom stereocenters. The van der Waals surface area contributed by atoms with Gasteiger partial charge < -0.3 is 10.5 Å².